The Hall–Kier alpha value is -3.24. The second-order valence-corrected chi connectivity index (χ2v) is 5.17. The van der Waals surface area contributed by atoms with Gasteiger partial charge in [-0.1, -0.05) is 23.7 Å². The average Bonchev–Trinajstić information content (AvgIpc) is 2.56. The van der Waals surface area contributed by atoms with Gasteiger partial charge in [0.05, 0.1) is 11.0 Å². The van der Waals surface area contributed by atoms with Crippen LogP contribution in [0.15, 0.2) is 48.5 Å². The van der Waals surface area contributed by atoms with Crippen molar-refractivity contribution in [1.29, 1.82) is 5.26 Å². The molecule has 0 heterocycles. The Bertz CT molecular complexity index is 843. The zero-order chi connectivity index (χ0) is 17.7. The molecule has 0 saturated heterocycles. The number of non-ortho nitro benzene ring substituents is 1. The summed E-state index contributed by atoms with van der Waals surface area (Å²) < 4.78 is 0. The lowest BCUT2D eigenvalue weighted by Gasteiger charge is -2.10. The number of Topliss-reactive ketones (excluding diaryl/α,β-unsaturated/α-hetero) is 1. The summed E-state index contributed by atoms with van der Waals surface area (Å²) in [6.45, 7) is 0. The number of ketones is 1. The Balaban J connectivity index is 2.15. The van der Waals surface area contributed by atoms with Gasteiger partial charge >= 0.3 is 0 Å². The second-order valence-electron chi connectivity index (χ2n) is 4.73. The molecule has 0 aliphatic heterocycles. The Morgan fingerprint density at radius 3 is 2.42 bits per heavy atom. The molecule has 2 rings (SSSR count). The second kappa shape index (κ2) is 7.35. The number of benzene rings is 2. The summed E-state index contributed by atoms with van der Waals surface area (Å²) in [6, 6.07) is 12.6. The first-order valence-electron chi connectivity index (χ1n) is 6.67. The lowest BCUT2D eigenvalue weighted by molar-refractivity contribution is -0.384. The molecule has 0 aliphatic rings. The summed E-state index contributed by atoms with van der Waals surface area (Å²) in [6.07, 6.45) is 0. The minimum absolute atomic E-state index is 0.139. The Morgan fingerprint density at radius 2 is 1.88 bits per heavy atom. The topological polar surface area (TPSA) is 113 Å². The third-order valence-corrected chi connectivity index (χ3v) is 3.34. The van der Waals surface area contributed by atoms with E-state index < -0.39 is 22.5 Å². The molecule has 24 heavy (non-hydrogen) atoms. The molecule has 2 aromatic carbocycles. The fourth-order valence-corrected chi connectivity index (χ4v) is 2.12. The maximum Gasteiger partial charge on any atom is 0.269 e. The molecule has 1 N–H and O–H groups in total. The van der Waals surface area contributed by atoms with Gasteiger partial charge in [0.15, 0.2) is 11.7 Å². The minimum atomic E-state index is -1.56. The average molecular weight is 344 g/mol. The van der Waals surface area contributed by atoms with E-state index in [0.29, 0.717) is 5.02 Å². The maximum atomic E-state index is 12.3. The van der Waals surface area contributed by atoms with E-state index in [4.69, 9.17) is 16.9 Å². The van der Waals surface area contributed by atoms with Crippen molar-refractivity contribution in [2.45, 2.75) is 0 Å². The Morgan fingerprint density at radius 1 is 1.21 bits per heavy atom. The molecule has 1 atom stereocenters. The van der Waals surface area contributed by atoms with E-state index in [0.717, 1.165) is 0 Å². The Labute approximate surface area is 141 Å². The van der Waals surface area contributed by atoms with Gasteiger partial charge in [0, 0.05) is 28.4 Å². The van der Waals surface area contributed by atoms with Crippen LogP contribution in [0.4, 0.5) is 11.4 Å². The van der Waals surface area contributed by atoms with Crippen molar-refractivity contribution in [3.05, 3.63) is 69.2 Å². The van der Waals surface area contributed by atoms with Crippen molar-refractivity contribution in [3.8, 4) is 6.07 Å². The molecule has 2 aromatic rings. The first-order valence-corrected chi connectivity index (χ1v) is 7.05. The van der Waals surface area contributed by atoms with Crippen LogP contribution in [0.1, 0.15) is 10.4 Å². The largest absolute Gasteiger partial charge is 0.325 e. The summed E-state index contributed by atoms with van der Waals surface area (Å²) in [5.74, 6) is -3.06. The highest BCUT2D eigenvalue weighted by Crippen LogP contribution is 2.18. The van der Waals surface area contributed by atoms with Crippen LogP contribution in [0.5, 0.6) is 0 Å². The molecule has 1 unspecified atom stereocenters. The quantitative estimate of drug-likeness (QED) is 0.387. The van der Waals surface area contributed by atoms with Crippen LogP contribution < -0.4 is 5.32 Å². The van der Waals surface area contributed by atoms with Gasteiger partial charge in [-0.15, -0.1) is 0 Å². The normalized spacial score (nSPS) is 11.2. The SMILES string of the molecule is N#CC(C(=O)Nc1ccc([N+](=O)[O-])cc1)C(=O)c1cccc(Cl)c1. The predicted molar refractivity (Wildman–Crippen MR) is 86.6 cm³/mol. The van der Waals surface area contributed by atoms with Crippen molar-refractivity contribution < 1.29 is 14.5 Å². The summed E-state index contributed by atoms with van der Waals surface area (Å²) in [4.78, 5) is 34.4. The van der Waals surface area contributed by atoms with Gasteiger partial charge in [-0.3, -0.25) is 19.7 Å². The molecular formula is C16H10ClN3O4. The molecule has 0 saturated carbocycles. The number of nitro groups is 1. The van der Waals surface area contributed by atoms with Gasteiger partial charge in [-0.2, -0.15) is 5.26 Å². The molecule has 0 radical (unpaired) electrons. The van der Waals surface area contributed by atoms with Crippen LogP contribution in [-0.4, -0.2) is 16.6 Å². The van der Waals surface area contributed by atoms with Crippen molar-refractivity contribution in [2.24, 2.45) is 5.92 Å². The predicted octanol–water partition coefficient (Wildman–Crippen LogP) is 3.21. The molecule has 0 aliphatic carbocycles. The zero-order valence-corrected chi connectivity index (χ0v) is 12.9. The monoisotopic (exact) mass is 343 g/mol. The number of halogens is 1. The zero-order valence-electron chi connectivity index (χ0n) is 12.1. The van der Waals surface area contributed by atoms with Gasteiger partial charge < -0.3 is 5.32 Å². The number of anilines is 1. The highest BCUT2D eigenvalue weighted by atomic mass is 35.5. The molecule has 8 heteroatoms. The standard InChI is InChI=1S/C16H10ClN3O4/c17-11-3-1-2-10(8-11)15(21)14(9-18)16(22)19-12-4-6-13(7-5-12)20(23)24/h1-8,14H,(H,19,22). The molecule has 0 bridgehead atoms. The van der Waals surface area contributed by atoms with E-state index in [-0.39, 0.29) is 16.9 Å². The molecule has 7 nitrogen and oxygen atoms in total. The smallest absolute Gasteiger partial charge is 0.269 e. The Kier molecular flexibility index (Phi) is 5.24. The third kappa shape index (κ3) is 3.94. The molecule has 0 aromatic heterocycles. The molecule has 0 spiro atoms. The van der Waals surface area contributed by atoms with E-state index in [2.05, 4.69) is 5.32 Å². The number of carbonyl (C=O) groups is 2. The van der Waals surface area contributed by atoms with Crippen molar-refractivity contribution in [2.75, 3.05) is 5.32 Å². The van der Waals surface area contributed by atoms with E-state index in [1.54, 1.807) is 12.1 Å². The summed E-state index contributed by atoms with van der Waals surface area (Å²) in [7, 11) is 0. The van der Waals surface area contributed by atoms with E-state index in [1.807, 2.05) is 0 Å². The van der Waals surface area contributed by atoms with Crippen LogP contribution in [-0.2, 0) is 4.79 Å². The number of nitrogens with zero attached hydrogens (tertiary/aromatic N) is 2. The van der Waals surface area contributed by atoms with Crippen LogP contribution in [0, 0.1) is 27.4 Å². The summed E-state index contributed by atoms with van der Waals surface area (Å²) in [5.41, 5.74) is 0.248. The van der Waals surface area contributed by atoms with Gasteiger partial charge in [-0.25, -0.2) is 0 Å². The fraction of sp³-hybridized carbons (Fsp3) is 0.0625. The molecule has 0 fully saturated rings. The number of nitriles is 1. The maximum absolute atomic E-state index is 12.3. The lowest BCUT2D eigenvalue weighted by Crippen LogP contribution is -2.28. The van der Waals surface area contributed by atoms with E-state index in [9.17, 15) is 19.7 Å². The number of hydrogen-bond donors (Lipinski definition) is 1. The highest BCUT2D eigenvalue weighted by molar-refractivity contribution is 6.31. The molecule has 120 valence electrons. The number of nitro benzene ring substituents is 1. The van der Waals surface area contributed by atoms with Crippen molar-refractivity contribution in [3.63, 3.8) is 0 Å². The van der Waals surface area contributed by atoms with Gasteiger partial charge in [0.25, 0.3) is 5.69 Å². The minimum Gasteiger partial charge on any atom is -0.325 e. The number of nitrogens with one attached hydrogen (secondary N) is 1. The number of hydrogen-bond acceptors (Lipinski definition) is 5. The van der Waals surface area contributed by atoms with Gasteiger partial charge in [0.2, 0.25) is 5.91 Å². The number of rotatable bonds is 5. The summed E-state index contributed by atoms with van der Waals surface area (Å²) in [5, 5.41) is 22.4. The molecule has 1 amide bonds. The number of amides is 1. The van der Waals surface area contributed by atoms with Crippen LogP contribution in [0.25, 0.3) is 0 Å². The van der Waals surface area contributed by atoms with E-state index >= 15 is 0 Å². The van der Waals surface area contributed by atoms with Crippen molar-refractivity contribution in [1.82, 2.24) is 0 Å². The van der Waals surface area contributed by atoms with Crippen LogP contribution in [0.3, 0.4) is 0 Å². The van der Waals surface area contributed by atoms with E-state index in [1.165, 1.54) is 42.5 Å². The van der Waals surface area contributed by atoms with Gasteiger partial charge in [0.1, 0.15) is 0 Å². The first-order chi connectivity index (χ1) is 11.4. The first kappa shape index (κ1) is 17.1. The summed E-state index contributed by atoms with van der Waals surface area (Å²) >= 11 is 5.80. The van der Waals surface area contributed by atoms with Gasteiger partial charge in [-0.05, 0) is 24.3 Å². The van der Waals surface area contributed by atoms with Crippen LogP contribution in [0.2, 0.25) is 5.02 Å². The van der Waals surface area contributed by atoms with Crippen LogP contribution >= 0.6 is 11.6 Å². The molecular weight excluding hydrogens is 334 g/mol. The van der Waals surface area contributed by atoms with Crippen molar-refractivity contribution >= 4 is 34.7 Å². The lowest BCUT2D eigenvalue weighted by atomic mass is 9.98. The highest BCUT2D eigenvalue weighted by Gasteiger charge is 2.27. The third-order valence-electron chi connectivity index (χ3n) is 3.11. The fourth-order valence-electron chi connectivity index (χ4n) is 1.93. The number of carbonyl (C=O) groups excluding carboxylic acids is 2.